The number of esters is 8. The Kier molecular flexibility index (Phi) is 44.0. The van der Waals surface area contributed by atoms with Gasteiger partial charge in [-0.2, -0.15) is 0 Å². The molecule has 0 heterocycles. The Bertz CT molecular complexity index is 4980. The van der Waals surface area contributed by atoms with Crippen LogP contribution in [0.4, 0.5) is 0 Å². The minimum Gasteiger partial charge on any atom is -0.422 e. The molecule has 1 aliphatic rings. The van der Waals surface area contributed by atoms with Crippen LogP contribution in [0.5, 0.6) is 46.0 Å². The molecule has 0 N–H and O–H groups in total. The number of unbranched alkanes of at least 4 members (excludes halogenated alkanes) is 32. The summed E-state index contributed by atoms with van der Waals surface area (Å²) in [5, 5.41) is 0. The first-order chi connectivity index (χ1) is 70.7. The topological polar surface area (TPSA) is 210 Å². The molecule has 0 atom stereocenters. The Morgan fingerprint density at radius 3 is 0.382 bits per heavy atom. The first-order valence-electron chi connectivity index (χ1n) is 53.6. The molecule has 0 spiro atoms. The lowest BCUT2D eigenvalue weighted by molar-refractivity contribution is 0.0710. The molecule has 13 rings (SSSR count). The van der Waals surface area contributed by atoms with Crippen molar-refractivity contribution >= 4 is 47.8 Å². The van der Waals surface area contributed by atoms with Crippen LogP contribution in [0.25, 0.3) is 0 Å². The van der Waals surface area contributed by atoms with E-state index in [1.54, 1.807) is 218 Å². The van der Waals surface area contributed by atoms with E-state index in [0.717, 1.165) is 205 Å². The number of ether oxygens (including phenoxy) is 8. The third kappa shape index (κ3) is 32.2. The van der Waals surface area contributed by atoms with Gasteiger partial charge in [-0.3, -0.25) is 0 Å². The van der Waals surface area contributed by atoms with Crippen LogP contribution in [-0.2, 0) is 0 Å². The van der Waals surface area contributed by atoms with E-state index in [2.05, 4.69) is 27.7 Å². The minimum absolute atomic E-state index is 0.0129. The van der Waals surface area contributed by atoms with Crippen molar-refractivity contribution in [2.45, 2.75) is 308 Å². The molecule has 0 fully saturated rings. The highest BCUT2D eigenvalue weighted by molar-refractivity contribution is 5.97. The smallest absolute Gasteiger partial charge is 0.343 e. The largest absolute Gasteiger partial charge is 0.422 e. The summed E-state index contributed by atoms with van der Waals surface area (Å²) < 4.78 is 56.9. The predicted molar refractivity (Wildman–Crippen MR) is 572 cm³/mol. The van der Waals surface area contributed by atoms with Gasteiger partial charge in [0.1, 0.15) is 46.0 Å². The lowest BCUT2D eigenvalue weighted by atomic mass is 9.76. The van der Waals surface area contributed by atoms with Gasteiger partial charge >= 0.3 is 47.8 Å². The highest BCUT2D eigenvalue weighted by atomic mass is 16.6. The zero-order valence-electron chi connectivity index (χ0n) is 84.8. The Morgan fingerprint density at radius 1 is 0.153 bits per heavy atom. The molecular weight excluding hydrogens is 1790 g/mol. The van der Waals surface area contributed by atoms with Crippen LogP contribution in [0.15, 0.2) is 291 Å². The summed E-state index contributed by atoms with van der Waals surface area (Å²) >= 11 is 0. The number of rotatable bonds is 56. The lowest BCUT2D eigenvalue weighted by Crippen LogP contribution is -2.20. The third-order valence-corrected chi connectivity index (χ3v) is 27.7. The molecule has 144 heavy (non-hydrogen) atoms. The van der Waals surface area contributed by atoms with Gasteiger partial charge in [0.15, 0.2) is 0 Å². The van der Waals surface area contributed by atoms with Crippen LogP contribution in [-0.4, -0.2) is 47.8 Å². The average Bonchev–Trinajstić information content (AvgIpc) is 0.739. The van der Waals surface area contributed by atoms with Crippen molar-refractivity contribution in [3.8, 4) is 46.0 Å². The number of hydrogen-bond donors (Lipinski definition) is 0. The summed E-state index contributed by atoms with van der Waals surface area (Å²) in [6, 6.07) is 83.7. The van der Waals surface area contributed by atoms with Crippen molar-refractivity contribution in [3.63, 3.8) is 0 Å². The molecule has 16 heteroatoms. The fourth-order valence-corrected chi connectivity index (χ4v) is 19.7. The molecule has 752 valence electrons. The summed E-state index contributed by atoms with van der Waals surface area (Å²) in [4.78, 5) is 127. The molecule has 0 saturated carbocycles. The van der Waals surface area contributed by atoms with E-state index in [9.17, 15) is 0 Å². The van der Waals surface area contributed by atoms with Crippen LogP contribution in [0.3, 0.4) is 0 Å². The van der Waals surface area contributed by atoms with Crippen molar-refractivity contribution in [2.24, 2.45) is 0 Å². The second-order valence-corrected chi connectivity index (χ2v) is 38.4. The summed E-state index contributed by atoms with van der Waals surface area (Å²) in [5.74, 6) is -10.1. The molecule has 16 nitrogen and oxygen atoms in total. The van der Waals surface area contributed by atoms with E-state index in [4.69, 9.17) is 37.9 Å². The van der Waals surface area contributed by atoms with E-state index in [-0.39, 0.29) is 116 Å². The molecule has 0 radical (unpaired) electrons. The lowest BCUT2D eigenvalue weighted by Gasteiger charge is -2.32. The summed E-state index contributed by atoms with van der Waals surface area (Å²) in [7, 11) is 0. The number of hydrogen-bond acceptors (Lipinski definition) is 16. The number of carbonyl (C=O) groups is 8. The highest BCUT2D eigenvalue weighted by Gasteiger charge is 2.39. The first-order valence-corrected chi connectivity index (χ1v) is 53.6. The van der Waals surface area contributed by atoms with Gasteiger partial charge in [-0.1, -0.05) is 404 Å². The second kappa shape index (κ2) is 58.8. The number of fused-ring (bicyclic) bond motifs is 8. The summed E-state index contributed by atoms with van der Waals surface area (Å²) in [6.45, 7) is 8.86. The van der Waals surface area contributed by atoms with Gasteiger partial charge < -0.3 is 37.9 Å². The molecular formula is C128H144O16. The van der Waals surface area contributed by atoms with Gasteiger partial charge in [0.05, 0.1) is 44.5 Å². The van der Waals surface area contributed by atoms with Crippen LogP contribution in [0, 0.1) is 0 Å². The maximum atomic E-state index is 15.9. The Balaban J connectivity index is 1.24. The third-order valence-electron chi connectivity index (χ3n) is 27.7. The molecule has 0 amide bonds. The molecule has 1 aliphatic carbocycles. The molecule has 8 bridgehead atoms. The van der Waals surface area contributed by atoms with Crippen molar-refractivity contribution in [1.29, 1.82) is 0 Å². The van der Waals surface area contributed by atoms with E-state index in [0.29, 0.717) is 70.2 Å². The SMILES string of the molecule is CCCCCCCCCCCC1c2cc(c(OC(=O)c3ccccc3)cc2OC(=O)c2ccccc2)C(CCCCCCCCCCC)c2cc(c(OC(=O)c3ccccc3)cc2OC(=O)c2ccccc2)C(CCCCCCCCCCC)c2cc(c(OC(=O)c3ccccc3)cc2OC(=O)c2ccccc2)C(CCCCCCCCCCC)c2cc1c(OC(=O)c1ccccc1)cc2OC(=O)c1ccccc1. The van der Waals surface area contributed by atoms with Crippen LogP contribution < -0.4 is 37.9 Å². The quantitative estimate of drug-likeness (QED) is 0.0197. The maximum absolute atomic E-state index is 15.9. The first kappa shape index (κ1) is 108. The molecule has 12 aromatic rings. The van der Waals surface area contributed by atoms with E-state index < -0.39 is 71.4 Å². The van der Waals surface area contributed by atoms with Gasteiger partial charge in [0.2, 0.25) is 0 Å². The van der Waals surface area contributed by atoms with Gasteiger partial charge in [0, 0.05) is 92.4 Å². The Hall–Kier alpha value is -13.6. The van der Waals surface area contributed by atoms with Gasteiger partial charge in [-0.05, 0) is 147 Å². The molecule has 0 aliphatic heterocycles. The van der Waals surface area contributed by atoms with Crippen molar-refractivity contribution in [3.05, 3.63) is 380 Å². The zero-order chi connectivity index (χ0) is 101. The molecule has 12 aromatic carbocycles. The minimum atomic E-state index is -1.01. The zero-order valence-corrected chi connectivity index (χ0v) is 84.8. The maximum Gasteiger partial charge on any atom is 0.343 e. The average molecular weight is 1940 g/mol. The Labute approximate surface area is 853 Å². The number of carbonyl (C=O) groups excluding carboxylic acids is 8. The Morgan fingerprint density at radius 2 is 0.264 bits per heavy atom. The van der Waals surface area contributed by atoms with Crippen molar-refractivity contribution in [2.75, 3.05) is 0 Å². The predicted octanol–water partition coefficient (Wildman–Crippen LogP) is 34.0. The molecule has 0 aromatic heterocycles. The van der Waals surface area contributed by atoms with E-state index >= 15 is 38.4 Å². The van der Waals surface area contributed by atoms with Crippen molar-refractivity contribution in [1.82, 2.24) is 0 Å². The highest BCUT2D eigenvalue weighted by Crippen LogP contribution is 2.55. The fourth-order valence-electron chi connectivity index (χ4n) is 19.7. The summed E-state index contributed by atoms with van der Waals surface area (Å²) in [6.07, 6.45) is 35.4. The molecule has 0 saturated heterocycles. The normalized spacial score (nSPS) is 13.6. The van der Waals surface area contributed by atoms with Crippen LogP contribution >= 0.6 is 0 Å². The monoisotopic (exact) mass is 1940 g/mol. The molecule has 0 unspecified atom stereocenters. The summed E-state index contributed by atoms with van der Waals surface area (Å²) in [5.41, 5.74) is 4.83. The van der Waals surface area contributed by atoms with Crippen molar-refractivity contribution < 1.29 is 76.3 Å². The fraction of sp³-hybridized carbons (Fsp3) is 0.375. The number of benzene rings is 12. The van der Waals surface area contributed by atoms with Crippen LogP contribution in [0.2, 0.25) is 0 Å². The van der Waals surface area contributed by atoms with E-state index in [1.165, 1.54) is 0 Å². The standard InChI is InChI=1S/C128H144O16/c1-5-9-13-17-21-25-29-33-61-81-101-105-85-107(115(139-123(131)95-69-49-39-50-70-95)89-113(105)137-121(129)93-65-45-37-46-66-93)102(82-62-34-30-26-22-18-14-10-6-2)109-87-111(119(143-127(135)99-77-57-43-58-78-99)91-117(109)141-125(133)97-73-53-41-54-74-97)104(84-64-36-32-28-24-20-16-12-8-4)112-88-110(118(142-126(134)98-75-55-42-56-76-98)92-120(112)144-128(136)100-79-59-44-60-80-100)103(83-63-35-31-27-23-19-15-11-7-3)108-86-106(101)114(138-122(130)94-67-47-38-48-68-94)90-116(108)140-124(132)96-71-51-40-52-72-96/h37-60,65-80,85-92,101-104H,5-36,61-64,81-84H2,1-4H3. The van der Waals surface area contributed by atoms with Gasteiger partial charge in [-0.25, -0.2) is 38.4 Å². The van der Waals surface area contributed by atoms with Gasteiger partial charge in [-0.15, -0.1) is 0 Å². The van der Waals surface area contributed by atoms with Crippen LogP contribution in [0.1, 0.15) is 436 Å². The van der Waals surface area contributed by atoms with Gasteiger partial charge in [0.25, 0.3) is 0 Å². The van der Waals surface area contributed by atoms with E-state index in [1.807, 2.05) is 72.8 Å². The second-order valence-electron chi connectivity index (χ2n) is 38.4.